The molecule has 0 aliphatic heterocycles. The molecule has 4 heteroatoms. The molecule has 1 aromatic carbocycles. The van der Waals surface area contributed by atoms with E-state index in [-0.39, 0.29) is 0 Å². The Morgan fingerprint density at radius 2 is 1.59 bits per heavy atom. The fourth-order valence-corrected chi connectivity index (χ4v) is 2.99. The highest BCUT2D eigenvalue weighted by Gasteiger charge is 2.13. The van der Waals surface area contributed by atoms with Crippen molar-refractivity contribution in [3.8, 4) is 0 Å². The molecular weight excluding hydrogens is 234 g/mol. The molecule has 96 valence electrons. The van der Waals surface area contributed by atoms with E-state index in [1.54, 1.807) is 19.1 Å². The van der Waals surface area contributed by atoms with E-state index in [9.17, 15) is 8.42 Å². The van der Waals surface area contributed by atoms with Gasteiger partial charge >= 0.3 is 0 Å². The van der Waals surface area contributed by atoms with Gasteiger partial charge in [-0.1, -0.05) is 32.9 Å². The highest BCUT2D eigenvalue weighted by Crippen LogP contribution is 2.23. The molecule has 0 aliphatic carbocycles. The monoisotopic (exact) mass is 255 g/mol. The standard InChI is InChI=1S/C13H21NO2S/c1-4-11(5-2)12-7-9-13(10-8-12)17(15,16)14-6-3/h7-11,14H,4-6H2,1-3H3. The zero-order valence-corrected chi connectivity index (χ0v) is 11.5. The molecule has 0 heterocycles. The van der Waals surface area contributed by atoms with E-state index in [0.29, 0.717) is 17.4 Å². The minimum atomic E-state index is -3.32. The summed E-state index contributed by atoms with van der Waals surface area (Å²) >= 11 is 0. The molecule has 0 atom stereocenters. The number of hydrogen-bond donors (Lipinski definition) is 1. The van der Waals surface area contributed by atoms with Crippen LogP contribution in [0.15, 0.2) is 29.2 Å². The van der Waals surface area contributed by atoms with Gasteiger partial charge in [-0.2, -0.15) is 0 Å². The van der Waals surface area contributed by atoms with Gasteiger partial charge in [0.1, 0.15) is 0 Å². The maximum atomic E-state index is 11.7. The van der Waals surface area contributed by atoms with Crippen LogP contribution in [-0.2, 0) is 10.0 Å². The lowest BCUT2D eigenvalue weighted by Crippen LogP contribution is -2.23. The van der Waals surface area contributed by atoms with Crippen LogP contribution in [0.25, 0.3) is 0 Å². The normalized spacial score (nSPS) is 12.0. The largest absolute Gasteiger partial charge is 0.240 e. The van der Waals surface area contributed by atoms with E-state index in [1.807, 2.05) is 12.1 Å². The van der Waals surface area contributed by atoms with E-state index in [1.165, 1.54) is 5.56 Å². The van der Waals surface area contributed by atoms with Crippen molar-refractivity contribution in [3.63, 3.8) is 0 Å². The van der Waals surface area contributed by atoms with Gasteiger partial charge in [-0.25, -0.2) is 13.1 Å². The Labute approximate surface area is 104 Å². The van der Waals surface area contributed by atoms with Crippen LogP contribution in [0.1, 0.15) is 45.1 Å². The van der Waals surface area contributed by atoms with Gasteiger partial charge in [0.05, 0.1) is 4.90 Å². The van der Waals surface area contributed by atoms with Crippen LogP contribution in [-0.4, -0.2) is 15.0 Å². The van der Waals surface area contributed by atoms with E-state index in [0.717, 1.165) is 12.8 Å². The number of rotatable bonds is 6. The van der Waals surface area contributed by atoms with Gasteiger partial charge in [-0.05, 0) is 36.5 Å². The van der Waals surface area contributed by atoms with Crippen molar-refractivity contribution in [2.75, 3.05) is 6.54 Å². The summed E-state index contributed by atoms with van der Waals surface area (Å²) in [6.07, 6.45) is 2.16. The summed E-state index contributed by atoms with van der Waals surface area (Å²) < 4.78 is 26.0. The number of hydrogen-bond acceptors (Lipinski definition) is 2. The first-order valence-electron chi connectivity index (χ1n) is 6.14. The molecule has 1 aromatic rings. The minimum absolute atomic E-state index is 0.342. The van der Waals surface area contributed by atoms with Crippen molar-refractivity contribution in [2.45, 2.75) is 44.4 Å². The quantitative estimate of drug-likeness (QED) is 0.849. The van der Waals surface area contributed by atoms with E-state index < -0.39 is 10.0 Å². The van der Waals surface area contributed by atoms with Gasteiger partial charge in [0.25, 0.3) is 0 Å². The Morgan fingerprint density at radius 1 is 1.06 bits per heavy atom. The zero-order chi connectivity index (χ0) is 12.9. The van der Waals surface area contributed by atoms with Gasteiger partial charge in [0.15, 0.2) is 0 Å². The molecule has 0 aliphatic rings. The van der Waals surface area contributed by atoms with Gasteiger partial charge in [-0.3, -0.25) is 0 Å². The molecule has 1 N–H and O–H groups in total. The molecule has 0 saturated heterocycles. The Kier molecular flexibility index (Phi) is 5.15. The van der Waals surface area contributed by atoms with Crippen molar-refractivity contribution in [1.82, 2.24) is 4.72 Å². The molecular formula is C13H21NO2S. The lowest BCUT2D eigenvalue weighted by atomic mass is 9.94. The Hall–Kier alpha value is -0.870. The summed E-state index contributed by atoms with van der Waals surface area (Å²) in [6, 6.07) is 7.21. The smallest absolute Gasteiger partial charge is 0.211 e. The first-order chi connectivity index (χ1) is 8.05. The molecule has 1 rings (SSSR count). The fraction of sp³-hybridized carbons (Fsp3) is 0.538. The highest BCUT2D eigenvalue weighted by atomic mass is 32.2. The second-order valence-corrected chi connectivity index (χ2v) is 5.85. The minimum Gasteiger partial charge on any atom is -0.211 e. The van der Waals surface area contributed by atoms with Crippen LogP contribution < -0.4 is 4.72 Å². The Bertz CT molecular complexity index is 433. The first kappa shape index (κ1) is 14.2. The van der Waals surface area contributed by atoms with E-state index >= 15 is 0 Å². The fourth-order valence-electron chi connectivity index (χ4n) is 1.95. The van der Waals surface area contributed by atoms with E-state index in [2.05, 4.69) is 18.6 Å². The maximum absolute atomic E-state index is 11.7. The third-order valence-electron chi connectivity index (χ3n) is 2.98. The molecule has 3 nitrogen and oxygen atoms in total. The van der Waals surface area contributed by atoms with Crippen LogP contribution in [0.3, 0.4) is 0 Å². The predicted octanol–water partition coefficient (Wildman–Crippen LogP) is 2.89. The van der Waals surface area contributed by atoms with Crippen LogP contribution in [0, 0.1) is 0 Å². The molecule has 0 unspecified atom stereocenters. The Morgan fingerprint density at radius 3 is 2.00 bits per heavy atom. The topological polar surface area (TPSA) is 46.2 Å². The Balaban J connectivity index is 2.95. The van der Waals surface area contributed by atoms with Crippen LogP contribution in [0.4, 0.5) is 0 Å². The van der Waals surface area contributed by atoms with Crippen molar-refractivity contribution in [1.29, 1.82) is 0 Å². The highest BCUT2D eigenvalue weighted by molar-refractivity contribution is 7.89. The summed E-state index contributed by atoms with van der Waals surface area (Å²) in [5.41, 5.74) is 1.21. The third kappa shape index (κ3) is 3.54. The summed E-state index contributed by atoms with van der Waals surface area (Å²) in [5.74, 6) is 0.519. The van der Waals surface area contributed by atoms with Gasteiger partial charge in [-0.15, -0.1) is 0 Å². The molecule has 0 fully saturated rings. The zero-order valence-electron chi connectivity index (χ0n) is 10.7. The summed E-state index contributed by atoms with van der Waals surface area (Å²) in [5, 5.41) is 0. The second-order valence-electron chi connectivity index (χ2n) is 4.08. The van der Waals surface area contributed by atoms with E-state index in [4.69, 9.17) is 0 Å². The van der Waals surface area contributed by atoms with Gasteiger partial charge in [0, 0.05) is 6.54 Å². The first-order valence-corrected chi connectivity index (χ1v) is 7.63. The van der Waals surface area contributed by atoms with Crippen LogP contribution in [0.5, 0.6) is 0 Å². The summed E-state index contributed by atoms with van der Waals surface area (Å²) in [4.78, 5) is 0.342. The number of nitrogens with one attached hydrogen (secondary N) is 1. The van der Waals surface area contributed by atoms with Gasteiger partial charge in [0.2, 0.25) is 10.0 Å². The third-order valence-corrected chi connectivity index (χ3v) is 4.54. The van der Waals surface area contributed by atoms with Crippen molar-refractivity contribution < 1.29 is 8.42 Å². The second kappa shape index (κ2) is 6.17. The number of sulfonamides is 1. The summed E-state index contributed by atoms with van der Waals surface area (Å²) in [6.45, 7) is 6.49. The molecule has 17 heavy (non-hydrogen) atoms. The molecule has 0 bridgehead atoms. The average Bonchev–Trinajstić information content (AvgIpc) is 2.31. The number of benzene rings is 1. The van der Waals surface area contributed by atoms with Crippen molar-refractivity contribution >= 4 is 10.0 Å². The lowest BCUT2D eigenvalue weighted by Gasteiger charge is -2.13. The van der Waals surface area contributed by atoms with Crippen LogP contribution in [0.2, 0.25) is 0 Å². The average molecular weight is 255 g/mol. The van der Waals surface area contributed by atoms with Crippen molar-refractivity contribution in [3.05, 3.63) is 29.8 Å². The van der Waals surface area contributed by atoms with Crippen LogP contribution >= 0.6 is 0 Å². The summed E-state index contributed by atoms with van der Waals surface area (Å²) in [7, 11) is -3.32. The van der Waals surface area contributed by atoms with Crippen molar-refractivity contribution in [2.24, 2.45) is 0 Å². The molecule has 0 spiro atoms. The lowest BCUT2D eigenvalue weighted by molar-refractivity contribution is 0.583. The molecule has 0 radical (unpaired) electrons. The maximum Gasteiger partial charge on any atom is 0.240 e. The molecule has 0 amide bonds. The predicted molar refractivity (Wildman–Crippen MR) is 70.6 cm³/mol. The van der Waals surface area contributed by atoms with Gasteiger partial charge < -0.3 is 0 Å². The molecule has 0 aromatic heterocycles. The SMILES string of the molecule is CCNS(=O)(=O)c1ccc(C(CC)CC)cc1. The molecule has 0 saturated carbocycles.